The Kier molecular flexibility index (Phi) is 4.71. The molecule has 0 spiro atoms. The number of benzene rings is 2. The van der Waals surface area contributed by atoms with E-state index < -0.39 is 11.7 Å². The molecule has 5 nitrogen and oxygen atoms in total. The summed E-state index contributed by atoms with van der Waals surface area (Å²) in [7, 11) is 0. The minimum absolute atomic E-state index is 0.122. The van der Waals surface area contributed by atoms with Crippen LogP contribution in [0, 0.1) is 0 Å². The van der Waals surface area contributed by atoms with E-state index in [0.29, 0.717) is 11.3 Å². The van der Waals surface area contributed by atoms with E-state index in [1.54, 1.807) is 42.5 Å². The number of nitrogens with two attached hydrogens (primary N) is 2. The number of primary amides is 1. The molecule has 2 aromatic carbocycles. The van der Waals surface area contributed by atoms with Crippen molar-refractivity contribution in [2.24, 2.45) is 5.73 Å². The first kappa shape index (κ1) is 16.2. The Morgan fingerprint density at radius 3 is 1.96 bits per heavy atom. The minimum atomic E-state index is -0.686. The first-order chi connectivity index (χ1) is 10.9. The quantitative estimate of drug-likeness (QED) is 0.501. The van der Waals surface area contributed by atoms with Gasteiger partial charge < -0.3 is 11.5 Å². The molecule has 0 aromatic heterocycles. The summed E-state index contributed by atoms with van der Waals surface area (Å²) >= 11 is 0. The lowest BCUT2D eigenvalue weighted by Crippen LogP contribution is -2.14. The van der Waals surface area contributed by atoms with Crippen molar-refractivity contribution in [1.29, 1.82) is 0 Å². The van der Waals surface area contributed by atoms with Crippen LogP contribution in [-0.4, -0.2) is 17.5 Å². The summed E-state index contributed by atoms with van der Waals surface area (Å²) in [5.74, 6) is -1.49. The van der Waals surface area contributed by atoms with Crippen molar-refractivity contribution < 1.29 is 14.4 Å². The van der Waals surface area contributed by atoms with E-state index in [4.69, 9.17) is 11.5 Å². The number of ketones is 2. The maximum Gasteiger partial charge on any atom is 0.244 e. The molecule has 0 saturated carbocycles. The number of carbonyl (C=O) groups is 3. The average Bonchev–Trinajstić information content (AvgIpc) is 2.54. The lowest BCUT2D eigenvalue weighted by molar-refractivity contribution is -0.114. The number of nitrogen functional groups attached to an aromatic ring is 1. The second kappa shape index (κ2) is 6.70. The average molecular weight is 308 g/mol. The lowest BCUT2D eigenvalue weighted by atomic mass is 9.94. The van der Waals surface area contributed by atoms with E-state index in [-0.39, 0.29) is 22.5 Å². The molecule has 0 bridgehead atoms. The van der Waals surface area contributed by atoms with Crippen LogP contribution < -0.4 is 11.5 Å². The molecule has 5 heteroatoms. The standard InChI is InChI=1S/C18H16N2O3/c1-11(18(20)23)10-16(21)12-6-2-3-7-13(12)17(22)14-8-4-5-9-15(14)19/h2-10H,19H2,1H3,(H2,20,23). The molecule has 2 aromatic rings. The van der Waals surface area contributed by atoms with Crippen molar-refractivity contribution in [3.05, 3.63) is 76.9 Å². The molecule has 0 saturated heterocycles. The predicted octanol–water partition coefficient (Wildman–Crippen LogP) is 2.11. The van der Waals surface area contributed by atoms with E-state index in [1.807, 2.05) is 0 Å². The maximum atomic E-state index is 12.7. The molecule has 0 atom stereocenters. The van der Waals surface area contributed by atoms with Gasteiger partial charge in [-0.1, -0.05) is 36.4 Å². The van der Waals surface area contributed by atoms with Crippen LogP contribution in [0.5, 0.6) is 0 Å². The summed E-state index contributed by atoms with van der Waals surface area (Å²) in [5.41, 5.74) is 12.2. The van der Waals surface area contributed by atoms with E-state index in [0.717, 1.165) is 6.08 Å². The molecule has 0 aliphatic heterocycles. The van der Waals surface area contributed by atoms with Crippen molar-refractivity contribution in [3.8, 4) is 0 Å². The molecule has 116 valence electrons. The Balaban J connectivity index is 2.48. The van der Waals surface area contributed by atoms with Crippen LogP contribution in [0.2, 0.25) is 0 Å². The van der Waals surface area contributed by atoms with E-state index in [1.165, 1.54) is 13.0 Å². The van der Waals surface area contributed by atoms with Gasteiger partial charge in [0.05, 0.1) is 0 Å². The van der Waals surface area contributed by atoms with Gasteiger partial charge in [0.15, 0.2) is 11.6 Å². The van der Waals surface area contributed by atoms with Gasteiger partial charge in [-0.25, -0.2) is 0 Å². The van der Waals surface area contributed by atoms with Gasteiger partial charge in [-0.15, -0.1) is 0 Å². The summed E-state index contributed by atoms with van der Waals surface area (Å²) in [5, 5.41) is 0. The van der Waals surface area contributed by atoms with Gasteiger partial charge >= 0.3 is 0 Å². The Morgan fingerprint density at radius 2 is 1.39 bits per heavy atom. The smallest absolute Gasteiger partial charge is 0.244 e. The van der Waals surface area contributed by atoms with Gasteiger partial charge in [0.1, 0.15) is 0 Å². The molecule has 0 heterocycles. The number of carbonyl (C=O) groups excluding carboxylic acids is 3. The molecule has 1 amide bonds. The number of hydrogen-bond donors (Lipinski definition) is 2. The van der Waals surface area contributed by atoms with Crippen molar-refractivity contribution in [2.75, 3.05) is 5.73 Å². The first-order valence-corrected chi connectivity index (χ1v) is 6.92. The normalized spacial score (nSPS) is 11.1. The molecule has 0 aliphatic rings. The van der Waals surface area contributed by atoms with Gasteiger partial charge in [0, 0.05) is 28.0 Å². The Bertz CT molecular complexity index is 823. The second-order valence-corrected chi connectivity index (χ2v) is 5.02. The zero-order valence-corrected chi connectivity index (χ0v) is 12.6. The second-order valence-electron chi connectivity index (χ2n) is 5.02. The third kappa shape index (κ3) is 3.52. The Labute approximate surface area is 133 Å². The van der Waals surface area contributed by atoms with Gasteiger partial charge in [-0.2, -0.15) is 0 Å². The van der Waals surface area contributed by atoms with Gasteiger partial charge in [-0.05, 0) is 25.1 Å². The summed E-state index contributed by atoms with van der Waals surface area (Å²) in [6.45, 7) is 1.44. The lowest BCUT2D eigenvalue weighted by Gasteiger charge is -2.08. The topological polar surface area (TPSA) is 103 Å². The number of para-hydroxylation sites is 1. The third-order valence-electron chi connectivity index (χ3n) is 3.38. The number of rotatable bonds is 5. The summed E-state index contributed by atoms with van der Waals surface area (Å²) < 4.78 is 0. The molecule has 0 aliphatic carbocycles. The van der Waals surface area contributed by atoms with Gasteiger partial charge in [0.25, 0.3) is 0 Å². The molecule has 0 radical (unpaired) electrons. The fraction of sp³-hybridized carbons (Fsp3) is 0.0556. The molecular weight excluding hydrogens is 292 g/mol. The minimum Gasteiger partial charge on any atom is -0.398 e. The van der Waals surface area contributed by atoms with E-state index in [9.17, 15) is 14.4 Å². The van der Waals surface area contributed by atoms with Crippen LogP contribution in [0.3, 0.4) is 0 Å². The SMILES string of the molecule is CC(=CC(=O)c1ccccc1C(=O)c1ccccc1N)C(N)=O. The molecule has 2 rings (SSSR count). The van der Waals surface area contributed by atoms with Crippen molar-refractivity contribution in [2.45, 2.75) is 6.92 Å². The number of allylic oxidation sites excluding steroid dienone is 1. The van der Waals surface area contributed by atoms with Crippen LogP contribution in [0.1, 0.15) is 33.2 Å². The summed E-state index contributed by atoms with van der Waals surface area (Å²) in [6.07, 6.45) is 1.13. The molecule has 0 fully saturated rings. The molecule has 0 unspecified atom stereocenters. The summed E-state index contributed by atoms with van der Waals surface area (Å²) in [6, 6.07) is 13.0. The molecule has 4 N–H and O–H groups in total. The zero-order chi connectivity index (χ0) is 17.0. The Morgan fingerprint density at radius 1 is 0.870 bits per heavy atom. The summed E-state index contributed by atoms with van der Waals surface area (Å²) in [4.78, 5) is 36.1. The Hall–Kier alpha value is -3.21. The highest BCUT2D eigenvalue weighted by atomic mass is 16.1. The predicted molar refractivity (Wildman–Crippen MR) is 88.0 cm³/mol. The van der Waals surface area contributed by atoms with Crippen LogP contribution in [0.25, 0.3) is 0 Å². The molecule has 23 heavy (non-hydrogen) atoms. The monoisotopic (exact) mass is 308 g/mol. The fourth-order valence-electron chi connectivity index (χ4n) is 2.09. The van der Waals surface area contributed by atoms with Gasteiger partial charge in [-0.3, -0.25) is 14.4 Å². The number of hydrogen-bond acceptors (Lipinski definition) is 4. The van der Waals surface area contributed by atoms with Crippen molar-refractivity contribution in [1.82, 2.24) is 0 Å². The fourth-order valence-corrected chi connectivity index (χ4v) is 2.09. The van der Waals surface area contributed by atoms with E-state index >= 15 is 0 Å². The van der Waals surface area contributed by atoms with Crippen LogP contribution in [0.15, 0.2) is 60.2 Å². The highest BCUT2D eigenvalue weighted by Crippen LogP contribution is 2.20. The third-order valence-corrected chi connectivity index (χ3v) is 3.38. The van der Waals surface area contributed by atoms with Gasteiger partial charge in [0.2, 0.25) is 5.91 Å². The number of anilines is 1. The van der Waals surface area contributed by atoms with Crippen molar-refractivity contribution >= 4 is 23.2 Å². The zero-order valence-electron chi connectivity index (χ0n) is 12.6. The molecular formula is C18H16N2O3. The largest absolute Gasteiger partial charge is 0.398 e. The number of amides is 1. The highest BCUT2D eigenvalue weighted by Gasteiger charge is 2.18. The maximum absolute atomic E-state index is 12.7. The van der Waals surface area contributed by atoms with E-state index in [2.05, 4.69) is 0 Å². The highest BCUT2D eigenvalue weighted by molar-refractivity contribution is 6.20. The van der Waals surface area contributed by atoms with Crippen molar-refractivity contribution in [3.63, 3.8) is 0 Å². The van der Waals surface area contributed by atoms with Crippen LogP contribution in [-0.2, 0) is 4.79 Å². The van der Waals surface area contributed by atoms with Crippen LogP contribution in [0.4, 0.5) is 5.69 Å². The first-order valence-electron chi connectivity index (χ1n) is 6.92. The van der Waals surface area contributed by atoms with Crippen LogP contribution >= 0.6 is 0 Å².